The molecule has 0 spiro atoms. The first kappa shape index (κ1) is 15.1. The number of carbonyl (C=O) groups excluding carboxylic acids is 1. The summed E-state index contributed by atoms with van der Waals surface area (Å²) in [6.45, 7) is 2.85. The lowest BCUT2D eigenvalue weighted by Gasteiger charge is -2.13. The van der Waals surface area contributed by atoms with Gasteiger partial charge >= 0.3 is 0 Å². The van der Waals surface area contributed by atoms with Gasteiger partial charge in [0.2, 0.25) is 0 Å². The number of aliphatic hydroxyl groups excluding tert-OH is 1. The molecule has 1 amide bonds. The lowest BCUT2D eigenvalue weighted by atomic mass is 10.0. The van der Waals surface area contributed by atoms with Crippen LogP contribution in [0.5, 0.6) is 0 Å². The number of hydrogen-bond acceptors (Lipinski definition) is 3. The third-order valence-electron chi connectivity index (χ3n) is 2.53. The Bertz CT molecular complexity index is 362. The van der Waals surface area contributed by atoms with Gasteiger partial charge in [-0.3, -0.25) is 4.79 Å². The van der Waals surface area contributed by atoms with Crippen molar-refractivity contribution in [1.29, 1.82) is 0 Å². The third kappa shape index (κ3) is 4.69. The van der Waals surface area contributed by atoms with E-state index in [4.69, 9.17) is 5.11 Å². The van der Waals surface area contributed by atoms with Gasteiger partial charge in [0.25, 0.3) is 5.91 Å². The average molecular weight is 385 g/mol. The molecular weight excluding hydrogens is 370 g/mol. The van der Waals surface area contributed by atoms with E-state index in [2.05, 4.69) is 44.1 Å². The topological polar surface area (TPSA) is 49.3 Å². The van der Waals surface area contributed by atoms with Gasteiger partial charge in [0.15, 0.2) is 0 Å². The maximum atomic E-state index is 11.8. The van der Waals surface area contributed by atoms with Crippen molar-refractivity contribution in [3.63, 3.8) is 0 Å². The summed E-state index contributed by atoms with van der Waals surface area (Å²) in [6, 6.07) is 1.80. The van der Waals surface area contributed by atoms with Gasteiger partial charge in [-0.15, -0.1) is 11.3 Å². The van der Waals surface area contributed by atoms with E-state index in [1.54, 1.807) is 6.07 Å². The molecule has 6 heteroatoms. The molecule has 1 aromatic rings. The van der Waals surface area contributed by atoms with Gasteiger partial charge in [0.1, 0.15) is 0 Å². The normalized spacial score (nSPS) is 12.5. The van der Waals surface area contributed by atoms with E-state index < -0.39 is 0 Å². The lowest BCUT2D eigenvalue weighted by molar-refractivity contribution is 0.0947. The van der Waals surface area contributed by atoms with Crippen LogP contribution in [0.2, 0.25) is 0 Å². The summed E-state index contributed by atoms with van der Waals surface area (Å²) in [5.41, 5.74) is 0. The molecule has 0 radical (unpaired) electrons. The quantitative estimate of drug-likeness (QED) is 0.789. The van der Waals surface area contributed by atoms with Gasteiger partial charge in [-0.25, -0.2) is 0 Å². The predicted octanol–water partition coefficient (Wildman–Crippen LogP) is 3.41. The molecule has 17 heavy (non-hydrogen) atoms. The number of amides is 1. The molecule has 1 heterocycles. The Labute approximate surface area is 122 Å². The molecule has 2 N–H and O–H groups in total. The van der Waals surface area contributed by atoms with Crippen LogP contribution in [0.1, 0.15) is 29.4 Å². The minimum absolute atomic E-state index is 0.0576. The number of halogens is 2. The molecule has 0 aliphatic carbocycles. The van der Waals surface area contributed by atoms with E-state index in [1.165, 1.54) is 11.3 Å². The SMILES string of the molecule is CCC(CCO)CNC(=O)c1cc(Br)c(Br)s1. The fourth-order valence-electron chi connectivity index (χ4n) is 1.42. The van der Waals surface area contributed by atoms with E-state index in [0.717, 1.165) is 21.1 Å². The Morgan fingerprint density at radius 3 is 2.76 bits per heavy atom. The summed E-state index contributed by atoms with van der Waals surface area (Å²) in [5, 5.41) is 11.8. The standard InChI is InChI=1S/C11H15Br2NO2S/c1-2-7(3-4-15)6-14-11(16)9-5-8(12)10(13)17-9/h5,7,15H,2-4,6H2,1H3,(H,14,16). The number of hydrogen-bond donors (Lipinski definition) is 2. The highest BCUT2D eigenvalue weighted by Gasteiger charge is 2.13. The fraction of sp³-hybridized carbons (Fsp3) is 0.545. The van der Waals surface area contributed by atoms with E-state index in [9.17, 15) is 4.79 Å². The Morgan fingerprint density at radius 2 is 2.29 bits per heavy atom. The van der Waals surface area contributed by atoms with Crippen LogP contribution >= 0.6 is 43.2 Å². The number of nitrogens with one attached hydrogen (secondary N) is 1. The molecule has 0 bridgehead atoms. The fourth-order valence-corrected chi connectivity index (χ4v) is 3.37. The molecular formula is C11H15Br2NO2S. The Kier molecular flexibility index (Phi) is 6.69. The Morgan fingerprint density at radius 1 is 1.59 bits per heavy atom. The van der Waals surface area contributed by atoms with Crippen molar-refractivity contribution in [3.8, 4) is 0 Å². The second kappa shape index (κ2) is 7.51. The van der Waals surface area contributed by atoms with Gasteiger partial charge < -0.3 is 10.4 Å². The second-order valence-electron chi connectivity index (χ2n) is 3.73. The van der Waals surface area contributed by atoms with Crippen molar-refractivity contribution in [3.05, 3.63) is 19.2 Å². The highest BCUT2D eigenvalue weighted by molar-refractivity contribution is 9.13. The number of aliphatic hydroxyl groups is 1. The van der Waals surface area contributed by atoms with E-state index in [1.807, 2.05) is 0 Å². The van der Waals surface area contributed by atoms with E-state index >= 15 is 0 Å². The Balaban J connectivity index is 2.49. The second-order valence-corrected chi connectivity index (χ2v) is 6.95. The van der Waals surface area contributed by atoms with Gasteiger partial charge in [-0.05, 0) is 50.3 Å². The summed E-state index contributed by atoms with van der Waals surface area (Å²) >= 11 is 8.12. The van der Waals surface area contributed by atoms with Gasteiger partial charge in [-0.2, -0.15) is 0 Å². The van der Waals surface area contributed by atoms with E-state index in [-0.39, 0.29) is 12.5 Å². The van der Waals surface area contributed by atoms with E-state index in [0.29, 0.717) is 17.3 Å². The van der Waals surface area contributed by atoms with Crippen molar-refractivity contribution in [2.24, 2.45) is 5.92 Å². The van der Waals surface area contributed by atoms with Crippen LogP contribution in [-0.4, -0.2) is 24.2 Å². The van der Waals surface area contributed by atoms with Crippen molar-refractivity contribution < 1.29 is 9.90 Å². The molecule has 1 aromatic heterocycles. The molecule has 0 fully saturated rings. The van der Waals surface area contributed by atoms with Crippen LogP contribution in [0.15, 0.2) is 14.3 Å². The molecule has 0 saturated carbocycles. The molecule has 0 aliphatic rings. The summed E-state index contributed by atoms with van der Waals surface area (Å²) in [7, 11) is 0. The predicted molar refractivity (Wildman–Crippen MR) is 77.5 cm³/mol. The summed E-state index contributed by atoms with van der Waals surface area (Å²) in [4.78, 5) is 12.5. The molecule has 96 valence electrons. The molecule has 0 aromatic carbocycles. The van der Waals surface area contributed by atoms with Crippen LogP contribution in [0, 0.1) is 5.92 Å². The highest BCUT2D eigenvalue weighted by Crippen LogP contribution is 2.32. The lowest BCUT2D eigenvalue weighted by Crippen LogP contribution is -2.28. The molecule has 0 aliphatic heterocycles. The van der Waals surface area contributed by atoms with Crippen LogP contribution in [0.25, 0.3) is 0 Å². The van der Waals surface area contributed by atoms with Crippen molar-refractivity contribution in [2.75, 3.05) is 13.2 Å². The van der Waals surface area contributed by atoms with Crippen LogP contribution < -0.4 is 5.32 Å². The van der Waals surface area contributed by atoms with Crippen LogP contribution in [0.4, 0.5) is 0 Å². The van der Waals surface area contributed by atoms with Gasteiger partial charge in [-0.1, -0.05) is 13.3 Å². The maximum Gasteiger partial charge on any atom is 0.261 e. The summed E-state index contributed by atoms with van der Waals surface area (Å²) in [5.74, 6) is 0.286. The first-order valence-electron chi connectivity index (χ1n) is 5.42. The molecule has 1 atom stereocenters. The first-order chi connectivity index (χ1) is 8.08. The zero-order valence-electron chi connectivity index (χ0n) is 9.50. The Hall–Kier alpha value is 0.0900. The minimum Gasteiger partial charge on any atom is -0.396 e. The summed E-state index contributed by atoms with van der Waals surface area (Å²) in [6.07, 6.45) is 1.69. The largest absolute Gasteiger partial charge is 0.396 e. The first-order valence-corrected chi connectivity index (χ1v) is 7.82. The highest BCUT2D eigenvalue weighted by atomic mass is 79.9. The number of carbonyl (C=O) groups is 1. The van der Waals surface area contributed by atoms with Gasteiger partial charge in [0, 0.05) is 17.6 Å². The van der Waals surface area contributed by atoms with Crippen molar-refractivity contribution in [1.82, 2.24) is 5.32 Å². The molecule has 3 nitrogen and oxygen atoms in total. The van der Waals surface area contributed by atoms with Crippen molar-refractivity contribution in [2.45, 2.75) is 19.8 Å². The van der Waals surface area contributed by atoms with Gasteiger partial charge in [0.05, 0.1) is 8.66 Å². The van der Waals surface area contributed by atoms with Crippen LogP contribution in [-0.2, 0) is 0 Å². The molecule has 1 unspecified atom stereocenters. The third-order valence-corrected chi connectivity index (χ3v) is 5.79. The minimum atomic E-state index is -0.0576. The van der Waals surface area contributed by atoms with Crippen LogP contribution in [0.3, 0.4) is 0 Å². The monoisotopic (exact) mass is 383 g/mol. The zero-order valence-corrected chi connectivity index (χ0v) is 13.5. The summed E-state index contributed by atoms with van der Waals surface area (Å²) < 4.78 is 1.82. The average Bonchev–Trinajstić information content (AvgIpc) is 2.64. The zero-order chi connectivity index (χ0) is 12.8. The van der Waals surface area contributed by atoms with Crippen molar-refractivity contribution >= 4 is 49.1 Å². The smallest absolute Gasteiger partial charge is 0.261 e. The molecule has 0 saturated heterocycles. The number of rotatable bonds is 6. The number of thiophene rings is 1. The maximum absolute atomic E-state index is 11.8. The molecule has 1 rings (SSSR count).